The maximum absolute atomic E-state index is 12.0. The summed E-state index contributed by atoms with van der Waals surface area (Å²) < 4.78 is 15.5. The monoisotopic (exact) mass is 363 g/mol. The van der Waals surface area contributed by atoms with E-state index in [0.29, 0.717) is 22.1 Å². The second-order valence-electron chi connectivity index (χ2n) is 4.91. The fourth-order valence-corrected chi connectivity index (χ4v) is 2.10. The van der Waals surface area contributed by atoms with Gasteiger partial charge in [0, 0.05) is 5.02 Å². The van der Waals surface area contributed by atoms with Crippen LogP contribution in [0.3, 0.4) is 0 Å². The van der Waals surface area contributed by atoms with E-state index in [9.17, 15) is 9.59 Å². The minimum Gasteiger partial charge on any atom is -0.496 e. The summed E-state index contributed by atoms with van der Waals surface area (Å²) in [5.74, 6) is 0.101. The van der Waals surface area contributed by atoms with Crippen molar-refractivity contribution < 1.29 is 23.8 Å². The zero-order chi connectivity index (χ0) is 18.1. The van der Waals surface area contributed by atoms with E-state index in [1.807, 2.05) is 0 Å². The molecule has 0 saturated carbocycles. The summed E-state index contributed by atoms with van der Waals surface area (Å²) in [6.07, 6.45) is 0. The molecule has 132 valence electrons. The van der Waals surface area contributed by atoms with E-state index < -0.39 is 11.9 Å². The van der Waals surface area contributed by atoms with Gasteiger partial charge in [0.1, 0.15) is 31.3 Å². The van der Waals surface area contributed by atoms with Crippen LogP contribution < -0.4 is 14.8 Å². The van der Waals surface area contributed by atoms with Crippen molar-refractivity contribution in [2.75, 3.05) is 26.9 Å². The third-order valence-electron chi connectivity index (χ3n) is 3.17. The van der Waals surface area contributed by atoms with E-state index in [1.54, 1.807) is 48.5 Å². The highest BCUT2D eigenvalue weighted by Gasteiger charge is 2.13. The fourth-order valence-electron chi connectivity index (χ4n) is 1.98. The average Bonchev–Trinajstić information content (AvgIpc) is 2.64. The highest BCUT2D eigenvalue weighted by molar-refractivity contribution is 6.30. The molecule has 0 spiro atoms. The van der Waals surface area contributed by atoms with Crippen LogP contribution in [0.15, 0.2) is 48.5 Å². The summed E-state index contributed by atoms with van der Waals surface area (Å²) >= 11 is 5.77. The van der Waals surface area contributed by atoms with Gasteiger partial charge < -0.3 is 19.5 Å². The van der Waals surface area contributed by atoms with Crippen LogP contribution in [-0.4, -0.2) is 38.7 Å². The van der Waals surface area contributed by atoms with Gasteiger partial charge in [-0.1, -0.05) is 23.7 Å². The lowest BCUT2D eigenvalue weighted by molar-refractivity contribution is -0.143. The van der Waals surface area contributed by atoms with Crippen molar-refractivity contribution >= 4 is 23.5 Å². The third kappa shape index (κ3) is 6.00. The molecule has 0 aliphatic rings. The Hall–Kier alpha value is -2.73. The number of para-hydroxylation sites is 1. The Bertz CT molecular complexity index is 718. The smallest absolute Gasteiger partial charge is 0.325 e. The van der Waals surface area contributed by atoms with Crippen LogP contribution in [0.1, 0.15) is 10.4 Å². The average molecular weight is 364 g/mol. The summed E-state index contributed by atoms with van der Waals surface area (Å²) in [4.78, 5) is 23.7. The quantitative estimate of drug-likeness (QED) is 0.576. The zero-order valence-corrected chi connectivity index (χ0v) is 14.4. The predicted octanol–water partition coefficient (Wildman–Crippen LogP) is 2.70. The van der Waals surface area contributed by atoms with Crippen molar-refractivity contribution in [1.82, 2.24) is 5.32 Å². The molecule has 0 aliphatic carbocycles. The van der Waals surface area contributed by atoms with Gasteiger partial charge >= 0.3 is 5.97 Å². The van der Waals surface area contributed by atoms with Crippen LogP contribution in [0.25, 0.3) is 0 Å². The van der Waals surface area contributed by atoms with E-state index in [-0.39, 0.29) is 19.8 Å². The molecule has 0 radical (unpaired) electrons. The first-order valence-electron chi connectivity index (χ1n) is 7.55. The summed E-state index contributed by atoms with van der Waals surface area (Å²) in [5, 5.41) is 3.10. The van der Waals surface area contributed by atoms with Crippen LogP contribution in [0, 0.1) is 0 Å². The van der Waals surface area contributed by atoms with E-state index in [4.69, 9.17) is 25.8 Å². The molecule has 0 aliphatic heterocycles. The topological polar surface area (TPSA) is 73.9 Å². The first kappa shape index (κ1) is 18.6. The van der Waals surface area contributed by atoms with Crippen molar-refractivity contribution in [3.05, 3.63) is 59.1 Å². The SMILES string of the molecule is COc1ccccc1C(=O)NCC(=O)OCCOc1ccc(Cl)cc1. The third-order valence-corrected chi connectivity index (χ3v) is 3.43. The van der Waals surface area contributed by atoms with E-state index in [1.165, 1.54) is 7.11 Å². The molecule has 6 nitrogen and oxygen atoms in total. The molecule has 2 aromatic carbocycles. The molecule has 7 heteroatoms. The van der Waals surface area contributed by atoms with Crippen molar-refractivity contribution in [3.8, 4) is 11.5 Å². The highest BCUT2D eigenvalue weighted by Crippen LogP contribution is 2.17. The number of rotatable bonds is 8. The van der Waals surface area contributed by atoms with Gasteiger partial charge in [-0.05, 0) is 36.4 Å². The number of methoxy groups -OCH3 is 1. The molecule has 0 saturated heterocycles. The number of amides is 1. The van der Waals surface area contributed by atoms with Gasteiger partial charge in [-0.3, -0.25) is 9.59 Å². The lowest BCUT2D eigenvalue weighted by Crippen LogP contribution is -2.31. The van der Waals surface area contributed by atoms with Gasteiger partial charge in [-0.2, -0.15) is 0 Å². The summed E-state index contributed by atoms with van der Waals surface area (Å²) in [6, 6.07) is 13.6. The number of nitrogens with one attached hydrogen (secondary N) is 1. The fraction of sp³-hybridized carbons (Fsp3) is 0.222. The van der Waals surface area contributed by atoms with E-state index >= 15 is 0 Å². The first-order valence-corrected chi connectivity index (χ1v) is 7.93. The number of benzene rings is 2. The molecular weight excluding hydrogens is 346 g/mol. The van der Waals surface area contributed by atoms with Gasteiger partial charge in [0.15, 0.2) is 0 Å². The molecule has 1 amide bonds. The number of carbonyl (C=O) groups excluding carboxylic acids is 2. The molecule has 0 aromatic heterocycles. The van der Waals surface area contributed by atoms with Gasteiger partial charge in [0.2, 0.25) is 0 Å². The van der Waals surface area contributed by atoms with Crippen LogP contribution in [0.4, 0.5) is 0 Å². The Morgan fingerprint density at radius 2 is 1.76 bits per heavy atom. The number of hydrogen-bond acceptors (Lipinski definition) is 5. The molecular formula is C18H18ClNO5. The number of esters is 1. The van der Waals surface area contributed by atoms with Crippen molar-refractivity contribution in [2.45, 2.75) is 0 Å². The lowest BCUT2D eigenvalue weighted by atomic mass is 10.2. The van der Waals surface area contributed by atoms with Crippen LogP contribution in [-0.2, 0) is 9.53 Å². The Morgan fingerprint density at radius 3 is 2.48 bits per heavy atom. The molecule has 0 atom stereocenters. The Morgan fingerprint density at radius 1 is 1.04 bits per heavy atom. The predicted molar refractivity (Wildman–Crippen MR) is 93.2 cm³/mol. The number of hydrogen-bond donors (Lipinski definition) is 1. The Kier molecular flexibility index (Phi) is 7.10. The van der Waals surface area contributed by atoms with Crippen molar-refractivity contribution in [3.63, 3.8) is 0 Å². The van der Waals surface area contributed by atoms with Crippen molar-refractivity contribution in [2.24, 2.45) is 0 Å². The first-order chi connectivity index (χ1) is 12.1. The van der Waals surface area contributed by atoms with Crippen molar-refractivity contribution in [1.29, 1.82) is 0 Å². The molecule has 0 bridgehead atoms. The zero-order valence-electron chi connectivity index (χ0n) is 13.7. The molecule has 1 N–H and O–H groups in total. The van der Waals surface area contributed by atoms with Crippen LogP contribution in [0.2, 0.25) is 5.02 Å². The minimum atomic E-state index is -0.553. The van der Waals surface area contributed by atoms with Gasteiger partial charge in [0.25, 0.3) is 5.91 Å². The summed E-state index contributed by atoms with van der Waals surface area (Å²) in [7, 11) is 1.47. The summed E-state index contributed by atoms with van der Waals surface area (Å²) in [6.45, 7) is 0.0393. The number of ether oxygens (including phenoxy) is 3. The Balaban J connectivity index is 1.68. The molecule has 0 heterocycles. The molecule has 25 heavy (non-hydrogen) atoms. The summed E-state index contributed by atoms with van der Waals surface area (Å²) in [5.41, 5.74) is 0.351. The van der Waals surface area contributed by atoms with Gasteiger partial charge in [-0.15, -0.1) is 0 Å². The second-order valence-corrected chi connectivity index (χ2v) is 5.34. The highest BCUT2D eigenvalue weighted by atomic mass is 35.5. The maximum atomic E-state index is 12.0. The van der Waals surface area contributed by atoms with E-state index in [0.717, 1.165) is 0 Å². The molecule has 2 rings (SSSR count). The number of halogens is 1. The van der Waals surface area contributed by atoms with E-state index in [2.05, 4.69) is 5.32 Å². The molecule has 0 fully saturated rings. The lowest BCUT2D eigenvalue weighted by Gasteiger charge is -2.10. The Labute approximate surface area is 150 Å². The maximum Gasteiger partial charge on any atom is 0.325 e. The second kappa shape index (κ2) is 9.54. The number of carbonyl (C=O) groups is 2. The van der Waals surface area contributed by atoms with Crippen LogP contribution >= 0.6 is 11.6 Å². The minimum absolute atomic E-state index is 0.0754. The van der Waals surface area contributed by atoms with Crippen LogP contribution in [0.5, 0.6) is 11.5 Å². The molecule has 2 aromatic rings. The molecule has 0 unspecified atom stereocenters. The van der Waals surface area contributed by atoms with Gasteiger partial charge in [0.05, 0.1) is 12.7 Å². The largest absolute Gasteiger partial charge is 0.496 e. The normalized spacial score (nSPS) is 10.0. The standard InChI is InChI=1S/C18H18ClNO5/c1-23-16-5-3-2-4-15(16)18(22)20-12-17(21)25-11-10-24-14-8-6-13(19)7-9-14/h2-9H,10-12H2,1H3,(H,20,22). The van der Waals surface area contributed by atoms with Gasteiger partial charge in [-0.25, -0.2) is 0 Å².